The molecule has 2 fully saturated rings. The summed E-state index contributed by atoms with van der Waals surface area (Å²) in [5, 5.41) is 2.73. The number of imide groups is 1. The van der Waals surface area contributed by atoms with Crippen LogP contribution >= 0.6 is 0 Å². The van der Waals surface area contributed by atoms with Crippen molar-refractivity contribution in [2.45, 2.75) is 19.0 Å². The van der Waals surface area contributed by atoms with Gasteiger partial charge in [-0.15, -0.1) is 0 Å². The topological polar surface area (TPSA) is 82.2 Å². The lowest BCUT2D eigenvalue weighted by atomic mass is 9.92. The molecule has 2 aromatic rings. The fraction of sp³-hybridized carbons (Fsp3) is 0.375. The van der Waals surface area contributed by atoms with Crippen molar-refractivity contribution < 1.29 is 19.1 Å². The molecule has 32 heavy (non-hydrogen) atoms. The number of benzene rings is 2. The highest BCUT2D eigenvalue weighted by Gasteiger charge is 2.49. The number of likely N-dealkylation sites (N-methyl/N-ethyl adjacent to an activating group) is 1. The smallest absolute Gasteiger partial charge is 0.325 e. The molecule has 1 atom stereocenters. The van der Waals surface area contributed by atoms with Gasteiger partial charge in [0.1, 0.15) is 12.1 Å². The largest absolute Gasteiger partial charge is 0.378 e. The molecular formula is C24H28N4O4. The van der Waals surface area contributed by atoms with Crippen molar-refractivity contribution in [2.75, 3.05) is 44.8 Å². The van der Waals surface area contributed by atoms with Crippen molar-refractivity contribution in [3.63, 3.8) is 0 Å². The molecule has 2 saturated heterocycles. The van der Waals surface area contributed by atoms with Crippen LogP contribution in [0.15, 0.2) is 54.6 Å². The Hall–Kier alpha value is -3.39. The number of carbonyl (C=O) groups excluding carboxylic acids is 3. The Balaban J connectivity index is 1.37. The van der Waals surface area contributed by atoms with E-state index in [0.717, 1.165) is 42.5 Å². The van der Waals surface area contributed by atoms with Crippen LogP contribution in [0.2, 0.25) is 0 Å². The third-order valence-corrected chi connectivity index (χ3v) is 6.08. The SMILES string of the molecule is CN(Cc1ccc(N2CCOCC2)cc1)C(=O)CN1C(=O)NC(C)(c2ccccc2)C1=O. The van der Waals surface area contributed by atoms with Crippen molar-refractivity contribution in [1.82, 2.24) is 15.1 Å². The second-order valence-corrected chi connectivity index (χ2v) is 8.33. The third-order valence-electron chi connectivity index (χ3n) is 6.08. The Kier molecular flexibility index (Phi) is 6.14. The predicted molar refractivity (Wildman–Crippen MR) is 120 cm³/mol. The molecule has 4 amide bonds. The van der Waals surface area contributed by atoms with Crippen LogP contribution in [-0.2, 0) is 26.4 Å². The molecule has 2 aliphatic rings. The fourth-order valence-corrected chi connectivity index (χ4v) is 4.06. The second-order valence-electron chi connectivity index (χ2n) is 8.33. The van der Waals surface area contributed by atoms with Gasteiger partial charge in [-0.25, -0.2) is 4.79 Å². The predicted octanol–water partition coefficient (Wildman–Crippen LogP) is 1.95. The normalized spacial score (nSPS) is 20.9. The Morgan fingerprint density at radius 3 is 2.38 bits per heavy atom. The van der Waals surface area contributed by atoms with E-state index in [1.165, 1.54) is 4.90 Å². The van der Waals surface area contributed by atoms with Gasteiger partial charge in [0.2, 0.25) is 5.91 Å². The summed E-state index contributed by atoms with van der Waals surface area (Å²) in [5.41, 5.74) is 1.61. The molecular weight excluding hydrogens is 408 g/mol. The highest BCUT2D eigenvalue weighted by Crippen LogP contribution is 2.28. The number of anilines is 1. The fourth-order valence-electron chi connectivity index (χ4n) is 4.06. The summed E-state index contributed by atoms with van der Waals surface area (Å²) in [6.45, 7) is 4.94. The van der Waals surface area contributed by atoms with Crippen LogP contribution in [0.25, 0.3) is 0 Å². The molecule has 2 aromatic carbocycles. The number of rotatable bonds is 6. The number of hydrogen-bond donors (Lipinski definition) is 1. The molecule has 2 heterocycles. The van der Waals surface area contributed by atoms with Gasteiger partial charge in [0.05, 0.1) is 13.2 Å². The maximum Gasteiger partial charge on any atom is 0.325 e. The number of carbonyl (C=O) groups is 3. The van der Waals surface area contributed by atoms with Gasteiger partial charge in [-0.1, -0.05) is 42.5 Å². The molecule has 0 bridgehead atoms. The number of nitrogens with one attached hydrogen (secondary N) is 1. The molecule has 0 aromatic heterocycles. The van der Waals surface area contributed by atoms with Crippen LogP contribution in [0, 0.1) is 0 Å². The number of nitrogens with zero attached hydrogens (tertiary/aromatic N) is 3. The van der Waals surface area contributed by atoms with Crippen LogP contribution in [0.5, 0.6) is 0 Å². The van der Waals surface area contributed by atoms with Gasteiger partial charge in [-0.2, -0.15) is 0 Å². The molecule has 0 saturated carbocycles. The molecule has 2 aliphatic heterocycles. The zero-order valence-electron chi connectivity index (χ0n) is 18.4. The van der Waals surface area contributed by atoms with Crippen molar-refractivity contribution in [3.8, 4) is 0 Å². The highest BCUT2D eigenvalue weighted by molar-refractivity contribution is 6.09. The molecule has 8 heteroatoms. The Morgan fingerprint density at radius 1 is 1.06 bits per heavy atom. The summed E-state index contributed by atoms with van der Waals surface area (Å²) in [4.78, 5) is 43.1. The minimum atomic E-state index is -1.17. The van der Waals surface area contributed by atoms with E-state index in [4.69, 9.17) is 4.74 Å². The quantitative estimate of drug-likeness (QED) is 0.700. The first-order valence-electron chi connectivity index (χ1n) is 10.7. The number of urea groups is 1. The van der Waals surface area contributed by atoms with Gasteiger partial charge < -0.3 is 19.9 Å². The van der Waals surface area contributed by atoms with E-state index in [2.05, 4.69) is 10.2 Å². The molecule has 0 aliphatic carbocycles. The Morgan fingerprint density at radius 2 is 1.72 bits per heavy atom. The summed E-state index contributed by atoms with van der Waals surface area (Å²) in [6.07, 6.45) is 0. The summed E-state index contributed by atoms with van der Waals surface area (Å²) in [5.74, 6) is -0.728. The summed E-state index contributed by atoms with van der Waals surface area (Å²) in [7, 11) is 1.67. The van der Waals surface area contributed by atoms with Gasteiger partial charge in [0.15, 0.2) is 0 Å². The van der Waals surface area contributed by atoms with Crippen molar-refractivity contribution in [1.29, 1.82) is 0 Å². The first-order chi connectivity index (χ1) is 15.4. The lowest BCUT2D eigenvalue weighted by Crippen LogP contribution is -2.43. The van der Waals surface area contributed by atoms with E-state index < -0.39 is 17.5 Å². The zero-order chi connectivity index (χ0) is 22.7. The van der Waals surface area contributed by atoms with Crippen LogP contribution in [-0.4, -0.2) is 67.5 Å². The lowest BCUT2D eigenvalue weighted by Gasteiger charge is -2.29. The van der Waals surface area contributed by atoms with Crippen molar-refractivity contribution in [3.05, 3.63) is 65.7 Å². The minimum absolute atomic E-state index is 0.296. The highest BCUT2D eigenvalue weighted by atomic mass is 16.5. The van der Waals surface area contributed by atoms with Gasteiger partial charge >= 0.3 is 6.03 Å². The monoisotopic (exact) mass is 436 g/mol. The van der Waals surface area contributed by atoms with Crippen molar-refractivity contribution in [2.24, 2.45) is 0 Å². The van der Waals surface area contributed by atoms with Crippen LogP contribution in [0.4, 0.5) is 10.5 Å². The average Bonchev–Trinajstić information content (AvgIpc) is 3.04. The van der Waals surface area contributed by atoms with E-state index in [-0.39, 0.29) is 12.5 Å². The summed E-state index contributed by atoms with van der Waals surface area (Å²) < 4.78 is 5.39. The van der Waals surface area contributed by atoms with E-state index in [9.17, 15) is 14.4 Å². The second kappa shape index (κ2) is 9.00. The minimum Gasteiger partial charge on any atom is -0.378 e. The number of amides is 4. The molecule has 0 radical (unpaired) electrons. The van der Waals surface area contributed by atoms with Gasteiger partial charge in [0.25, 0.3) is 5.91 Å². The van der Waals surface area contributed by atoms with E-state index >= 15 is 0 Å². The molecule has 8 nitrogen and oxygen atoms in total. The standard InChI is InChI=1S/C24H28N4O4/c1-24(19-6-4-3-5-7-19)22(30)28(23(31)25-24)17-21(29)26(2)16-18-8-10-20(11-9-18)27-12-14-32-15-13-27/h3-11H,12-17H2,1-2H3,(H,25,31). The summed E-state index contributed by atoms with van der Waals surface area (Å²) >= 11 is 0. The average molecular weight is 437 g/mol. The first-order valence-corrected chi connectivity index (χ1v) is 10.7. The Bertz CT molecular complexity index is 989. The van der Waals surface area contributed by atoms with Gasteiger partial charge in [0, 0.05) is 32.4 Å². The Labute approximate surface area is 187 Å². The van der Waals surface area contributed by atoms with E-state index in [1.807, 2.05) is 42.5 Å². The number of hydrogen-bond acceptors (Lipinski definition) is 5. The molecule has 1 unspecified atom stereocenters. The van der Waals surface area contributed by atoms with Crippen LogP contribution in [0.1, 0.15) is 18.1 Å². The molecule has 168 valence electrons. The van der Waals surface area contributed by atoms with Crippen molar-refractivity contribution >= 4 is 23.5 Å². The third kappa shape index (κ3) is 4.31. The molecule has 1 N–H and O–H groups in total. The van der Waals surface area contributed by atoms with E-state index in [0.29, 0.717) is 12.1 Å². The van der Waals surface area contributed by atoms with E-state index in [1.54, 1.807) is 26.1 Å². The maximum absolute atomic E-state index is 13.0. The molecule has 0 spiro atoms. The van der Waals surface area contributed by atoms with Crippen LogP contribution in [0.3, 0.4) is 0 Å². The van der Waals surface area contributed by atoms with Gasteiger partial charge in [-0.05, 0) is 30.2 Å². The van der Waals surface area contributed by atoms with Crippen LogP contribution < -0.4 is 10.2 Å². The first kappa shape index (κ1) is 21.8. The number of morpholine rings is 1. The number of ether oxygens (including phenoxy) is 1. The zero-order valence-corrected chi connectivity index (χ0v) is 18.4. The molecule has 4 rings (SSSR count). The lowest BCUT2D eigenvalue weighted by molar-refractivity contribution is -0.138. The van der Waals surface area contributed by atoms with Gasteiger partial charge in [-0.3, -0.25) is 14.5 Å². The maximum atomic E-state index is 13.0. The summed E-state index contributed by atoms with van der Waals surface area (Å²) in [6, 6.07) is 16.6.